The monoisotopic (exact) mass is 473 g/mol. The number of rotatable bonds is 2. The Bertz CT molecular complexity index is 1330. The van der Waals surface area contributed by atoms with Crippen LogP contribution in [0.2, 0.25) is 5.02 Å². The minimum atomic E-state index is -0.195. The van der Waals surface area contributed by atoms with E-state index in [0.717, 1.165) is 24.1 Å². The summed E-state index contributed by atoms with van der Waals surface area (Å²) in [6.45, 7) is 0.578. The van der Waals surface area contributed by atoms with Crippen molar-refractivity contribution in [3.8, 4) is 5.00 Å². The first-order valence-electron chi connectivity index (χ1n) is 11.4. The summed E-state index contributed by atoms with van der Waals surface area (Å²) in [5.41, 5.74) is 5.66. The van der Waals surface area contributed by atoms with Crippen LogP contribution in [0.25, 0.3) is 5.00 Å². The number of carbonyl (C=O) groups excluding carboxylic acids is 1. The first-order valence-corrected chi connectivity index (χ1v) is 12.6. The predicted molar refractivity (Wildman–Crippen MR) is 135 cm³/mol. The van der Waals surface area contributed by atoms with Gasteiger partial charge in [0.2, 0.25) is 0 Å². The molecule has 4 aromatic rings. The Labute approximate surface area is 202 Å². The molecule has 2 aromatic carbocycles. The number of nitrogens with one attached hydrogen (secondary N) is 1. The van der Waals surface area contributed by atoms with E-state index >= 15 is 0 Å². The Morgan fingerprint density at radius 3 is 2.67 bits per heavy atom. The Hall–Kier alpha value is -3.02. The number of aryl methyl sites for hydroxylation is 1. The summed E-state index contributed by atoms with van der Waals surface area (Å²) in [6.07, 6.45) is 6.84. The maximum atomic E-state index is 13.8. The molecule has 0 saturated heterocycles. The van der Waals surface area contributed by atoms with Gasteiger partial charge >= 0.3 is 6.03 Å². The Morgan fingerprint density at radius 2 is 1.82 bits per heavy atom. The molecule has 0 fully saturated rings. The quantitative estimate of drug-likeness (QED) is 0.328. The lowest BCUT2D eigenvalue weighted by atomic mass is 9.95. The zero-order chi connectivity index (χ0) is 22.4. The number of aromatic nitrogens is 1. The smallest absolute Gasteiger partial charge is 0.310 e. The molecule has 0 radical (unpaired) electrons. The van der Waals surface area contributed by atoms with Crippen molar-refractivity contribution in [1.29, 1.82) is 0 Å². The van der Waals surface area contributed by atoms with Gasteiger partial charge in [0.25, 0.3) is 0 Å². The molecule has 6 heteroatoms. The van der Waals surface area contributed by atoms with E-state index < -0.39 is 0 Å². The van der Waals surface area contributed by atoms with Gasteiger partial charge in [0.15, 0.2) is 0 Å². The van der Waals surface area contributed by atoms with Gasteiger partial charge in [-0.05, 0) is 67.1 Å². The van der Waals surface area contributed by atoms with Gasteiger partial charge < -0.3 is 14.8 Å². The SMILES string of the molecule is O=C(Nc1cccc(Cl)c1)N1Cc2c(sc3c2CCCC3)-n2cccc2C1c1ccccc1. The molecular formula is C27H24ClN3OS. The Balaban J connectivity index is 1.50. The number of thiophene rings is 1. The van der Waals surface area contributed by atoms with Crippen LogP contribution in [-0.4, -0.2) is 15.5 Å². The maximum Gasteiger partial charge on any atom is 0.322 e. The van der Waals surface area contributed by atoms with Crippen molar-refractivity contribution in [1.82, 2.24) is 9.47 Å². The first-order chi connectivity index (χ1) is 16.2. The lowest BCUT2D eigenvalue weighted by molar-refractivity contribution is 0.194. The zero-order valence-corrected chi connectivity index (χ0v) is 19.7. The molecule has 3 heterocycles. The topological polar surface area (TPSA) is 37.3 Å². The van der Waals surface area contributed by atoms with Gasteiger partial charge in [-0.1, -0.05) is 48.0 Å². The fourth-order valence-electron chi connectivity index (χ4n) is 5.13. The summed E-state index contributed by atoms with van der Waals surface area (Å²) in [5, 5.41) is 4.97. The van der Waals surface area contributed by atoms with Gasteiger partial charge in [-0.2, -0.15) is 0 Å². The molecular weight excluding hydrogens is 450 g/mol. The van der Waals surface area contributed by atoms with E-state index in [1.54, 1.807) is 6.07 Å². The second-order valence-corrected chi connectivity index (χ2v) is 10.2. The number of halogens is 1. The van der Waals surface area contributed by atoms with E-state index in [-0.39, 0.29) is 12.1 Å². The largest absolute Gasteiger partial charge is 0.322 e. The molecule has 166 valence electrons. The number of fused-ring (bicyclic) bond motifs is 5. The number of benzene rings is 2. The van der Waals surface area contributed by atoms with Crippen molar-refractivity contribution in [3.05, 3.63) is 105 Å². The lowest BCUT2D eigenvalue weighted by Gasteiger charge is -2.31. The fraction of sp³-hybridized carbons (Fsp3) is 0.222. The van der Waals surface area contributed by atoms with E-state index in [4.69, 9.17) is 11.6 Å². The zero-order valence-electron chi connectivity index (χ0n) is 18.1. The number of anilines is 1. The van der Waals surface area contributed by atoms with Crippen molar-refractivity contribution in [2.24, 2.45) is 0 Å². The molecule has 2 aromatic heterocycles. The summed E-state index contributed by atoms with van der Waals surface area (Å²) < 4.78 is 2.31. The molecule has 4 nitrogen and oxygen atoms in total. The van der Waals surface area contributed by atoms with Crippen LogP contribution in [0.4, 0.5) is 10.5 Å². The fourth-order valence-corrected chi connectivity index (χ4v) is 6.73. The maximum absolute atomic E-state index is 13.8. The van der Waals surface area contributed by atoms with E-state index in [9.17, 15) is 4.79 Å². The van der Waals surface area contributed by atoms with Crippen LogP contribution < -0.4 is 5.32 Å². The van der Waals surface area contributed by atoms with Crippen molar-refractivity contribution >= 4 is 34.7 Å². The molecule has 6 rings (SSSR count). The second kappa shape index (κ2) is 8.40. The summed E-state index contributed by atoms with van der Waals surface area (Å²) in [7, 11) is 0. The summed E-state index contributed by atoms with van der Waals surface area (Å²) in [4.78, 5) is 17.3. The number of amides is 2. The molecule has 1 atom stereocenters. The van der Waals surface area contributed by atoms with Crippen LogP contribution in [-0.2, 0) is 19.4 Å². The highest BCUT2D eigenvalue weighted by Gasteiger charge is 2.36. The van der Waals surface area contributed by atoms with Crippen LogP contribution in [0.5, 0.6) is 0 Å². The number of carbonyl (C=O) groups is 1. The number of urea groups is 1. The van der Waals surface area contributed by atoms with Crippen molar-refractivity contribution in [2.45, 2.75) is 38.3 Å². The van der Waals surface area contributed by atoms with Crippen LogP contribution in [0.1, 0.15) is 46.1 Å². The van der Waals surface area contributed by atoms with Crippen LogP contribution in [0.15, 0.2) is 72.9 Å². The second-order valence-electron chi connectivity index (χ2n) is 8.68. The molecule has 0 bridgehead atoms. The molecule has 33 heavy (non-hydrogen) atoms. The standard InChI is InChI=1S/C27H24ClN3OS/c28-19-10-6-11-20(16-19)29-27(32)31-17-22-21-12-4-5-14-24(21)33-26(22)30-15-7-13-23(30)25(31)18-8-2-1-3-9-18/h1-3,6-11,13,15-16,25H,4-5,12,14,17H2,(H,29,32). The van der Waals surface area contributed by atoms with Crippen molar-refractivity contribution in [3.63, 3.8) is 0 Å². The van der Waals surface area contributed by atoms with Gasteiger partial charge in [0.05, 0.1) is 18.3 Å². The van der Waals surface area contributed by atoms with Crippen LogP contribution in [0, 0.1) is 0 Å². The lowest BCUT2D eigenvalue weighted by Crippen LogP contribution is -2.38. The van der Waals surface area contributed by atoms with Crippen molar-refractivity contribution < 1.29 is 4.79 Å². The third kappa shape index (κ3) is 3.65. The minimum absolute atomic E-state index is 0.123. The first kappa shape index (κ1) is 20.6. The van der Waals surface area contributed by atoms with Gasteiger partial charge in [0.1, 0.15) is 5.00 Å². The number of hydrogen-bond acceptors (Lipinski definition) is 2. The summed E-state index contributed by atoms with van der Waals surface area (Å²) in [5.74, 6) is 0. The molecule has 0 spiro atoms. The van der Waals surface area contributed by atoms with Crippen LogP contribution >= 0.6 is 22.9 Å². The Kier molecular flexibility index (Phi) is 5.24. The van der Waals surface area contributed by atoms with E-state index in [1.165, 1.54) is 33.8 Å². The molecule has 1 N–H and O–H groups in total. The molecule has 2 amide bonds. The third-order valence-electron chi connectivity index (χ3n) is 6.63. The molecule has 0 saturated carbocycles. The molecule has 2 aliphatic rings. The average molecular weight is 474 g/mol. The molecule has 1 unspecified atom stereocenters. The van der Waals surface area contributed by atoms with E-state index in [2.05, 4.69) is 40.3 Å². The van der Waals surface area contributed by atoms with Gasteiger partial charge in [-0.15, -0.1) is 11.3 Å². The summed E-state index contributed by atoms with van der Waals surface area (Å²) in [6, 6.07) is 21.6. The number of nitrogens with zero attached hydrogens (tertiary/aromatic N) is 2. The van der Waals surface area contributed by atoms with E-state index in [0.29, 0.717) is 17.3 Å². The highest BCUT2D eigenvalue weighted by molar-refractivity contribution is 7.15. The summed E-state index contributed by atoms with van der Waals surface area (Å²) >= 11 is 8.08. The minimum Gasteiger partial charge on any atom is -0.310 e. The highest BCUT2D eigenvalue weighted by Crippen LogP contribution is 2.44. The number of hydrogen-bond donors (Lipinski definition) is 1. The Morgan fingerprint density at radius 1 is 0.970 bits per heavy atom. The van der Waals surface area contributed by atoms with Crippen LogP contribution in [0.3, 0.4) is 0 Å². The van der Waals surface area contributed by atoms with Gasteiger partial charge in [-0.25, -0.2) is 4.79 Å². The van der Waals surface area contributed by atoms with E-state index in [1.807, 2.05) is 52.6 Å². The highest BCUT2D eigenvalue weighted by atomic mass is 35.5. The normalized spacial score (nSPS) is 17.0. The van der Waals surface area contributed by atoms with Gasteiger partial charge in [0, 0.05) is 27.3 Å². The average Bonchev–Trinajstić information content (AvgIpc) is 3.41. The molecule has 1 aliphatic carbocycles. The predicted octanol–water partition coefficient (Wildman–Crippen LogP) is 7.21. The van der Waals surface area contributed by atoms with Gasteiger partial charge in [-0.3, -0.25) is 0 Å². The van der Waals surface area contributed by atoms with Crippen molar-refractivity contribution in [2.75, 3.05) is 5.32 Å². The molecule has 1 aliphatic heterocycles. The third-order valence-corrected chi connectivity index (χ3v) is 8.20.